The first kappa shape index (κ1) is 17.4. The highest BCUT2D eigenvalue weighted by Gasteiger charge is 2.35. The van der Waals surface area contributed by atoms with E-state index >= 15 is 0 Å². The molecule has 2 atom stereocenters. The average Bonchev–Trinajstić information content (AvgIpc) is 2.98. The summed E-state index contributed by atoms with van der Waals surface area (Å²) in [6.45, 7) is 0.193. The molecule has 0 saturated carbocycles. The maximum absolute atomic E-state index is 13.5. The quantitative estimate of drug-likeness (QED) is 0.925. The molecule has 1 aliphatic heterocycles. The van der Waals surface area contributed by atoms with E-state index in [2.05, 4.69) is 0 Å². The van der Waals surface area contributed by atoms with Crippen LogP contribution in [0.5, 0.6) is 5.75 Å². The van der Waals surface area contributed by atoms with Crippen LogP contribution in [0.15, 0.2) is 42.5 Å². The third-order valence-corrected chi connectivity index (χ3v) is 4.44. The van der Waals surface area contributed by atoms with E-state index in [1.165, 1.54) is 37.4 Å². The molecule has 4 nitrogen and oxygen atoms in total. The average molecular weight is 347 g/mol. The molecule has 1 saturated heterocycles. The second kappa shape index (κ2) is 7.19. The van der Waals surface area contributed by atoms with Gasteiger partial charge in [0.2, 0.25) is 5.91 Å². The highest BCUT2D eigenvalue weighted by Crippen LogP contribution is 2.33. The van der Waals surface area contributed by atoms with E-state index in [-0.39, 0.29) is 30.7 Å². The molecule has 0 unspecified atom stereocenters. The van der Waals surface area contributed by atoms with E-state index in [4.69, 9.17) is 4.74 Å². The van der Waals surface area contributed by atoms with E-state index in [0.29, 0.717) is 17.7 Å². The number of aliphatic hydroxyl groups excluding tert-OH is 1. The standard InChI is InChI=1S/C19H19F2NO3/c1-25-18-7-6-15(21)8-13(18)9-19(24)22-11-16(23)10-17(22)12-2-4-14(20)5-3-12/h2-8,16-17,23H,9-11H2,1H3/t16-,17-/m1/s1. The van der Waals surface area contributed by atoms with Gasteiger partial charge in [0.05, 0.1) is 25.7 Å². The Kier molecular flexibility index (Phi) is 4.99. The van der Waals surface area contributed by atoms with Gasteiger partial charge in [0.15, 0.2) is 0 Å². The van der Waals surface area contributed by atoms with Crippen molar-refractivity contribution in [2.24, 2.45) is 0 Å². The number of likely N-dealkylation sites (tertiary alicyclic amines) is 1. The zero-order chi connectivity index (χ0) is 18.0. The summed E-state index contributed by atoms with van der Waals surface area (Å²) in [7, 11) is 1.46. The fourth-order valence-corrected chi connectivity index (χ4v) is 3.24. The molecule has 6 heteroatoms. The van der Waals surface area contributed by atoms with E-state index in [1.54, 1.807) is 17.0 Å². The Labute approximate surface area is 144 Å². The van der Waals surface area contributed by atoms with Crippen LogP contribution in [0.3, 0.4) is 0 Å². The zero-order valence-corrected chi connectivity index (χ0v) is 13.8. The van der Waals surface area contributed by atoms with Crippen LogP contribution in [0.25, 0.3) is 0 Å². The number of hydrogen-bond acceptors (Lipinski definition) is 3. The van der Waals surface area contributed by atoms with Crippen molar-refractivity contribution in [3.8, 4) is 5.75 Å². The van der Waals surface area contributed by atoms with E-state index in [9.17, 15) is 18.7 Å². The number of halogens is 2. The predicted molar refractivity (Wildman–Crippen MR) is 88.1 cm³/mol. The van der Waals surface area contributed by atoms with Crippen LogP contribution in [-0.2, 0) is 11.2 Å². The molecular formula is C19H19F2NO3. The summed E-state index contributed by atoms with van der Waals surface area (Å²) in [6, 6.07) is 9.58. The Morgan fingerprint density at radius 1 is 1.20 bits per heavy atom. The van der Waals surface area contributed by atoms with Crippen LogP contribution in [0.2, 0.25) is 0 Å². The summed E-state index contributed by atoms with van der Waals surface area (Å²) >= 11 is 0. The van der Waals surface area contributed by atoms with Gasteiger partial charge in [0.1, 0.15) is 17.4 Å². The number of hydrogen-bond donors (Lipinski definition) is 1. The lowest BCUT2D eigenvalue weighted by atomic mass is 10.0. The number of amides is 1. The van der Waals surface area contributed by atoms with Gasteiger partial charge >= 0.3 is 0 Å². The first-order chi connectivity index (χ1) is 12.0. The highest BCUT2D eigenvalue weighted by molar-refractivity contribution is 5.80. The summed E-state index contributed by atoms with van der Waals surface area (Å²) in [5.41, 5.74) is 1.21. The largest absolute Gasteiger partial charge is 0.496 e. The maximum Gasteiger partial charge on any atom is 0.227 e. The third kappa shape index (κ3) is 3.79. The number of carbonyl (C=O) groups excluding carboxylic acids is 1. The van der Waals surface area contributed by atoms with Crippen molar-refractivity contribution >= 4 is 5.91 Å². The number of benzene rings is 2. The fraction of sp³-hybridized carbons (Fsp3) is 0.316. The predicted octanol–water partition coefficient (Wildman–Crippen LogP) is 2.85. The van der Waals surface area contributed by atoms with Gasteiger partial charge in [-0.15, -0.1) is 0 Å². The summed E-state index contributed by atoms with van der Waals surface area (Å²) < 4.78 is 31.8. The van der Waals surface area contributed by atoms with Crippen molar-refractivity contribution < 1.29 is 23.4 Å². The Balaban J connectivity index is 1.82. The molecule has 0 aromatic heterocycles. The third-order valence-electron chi connectivity index (χ3n) is 4.44. The van der Waals surface area contributed by atoms with Crippen LogP contribution in [0.4, 0.5) is 8.78 Å². The zero-order valence-electron chi connectivity index (χ0n) is 13.8. The van der Waals surface area contributed by atoms with Crippen molar-refractivity contribution in [1.29, 1.82) is 0 Å². The minimum atomic E-state index is -0.645. The number of β-amino-alcohol motifs (C(OH)–C–C–N with tert-alkyl or cyclic N) is 1. The lowest BCUT2D eigenvalue weighted by molar-refractivity contribution is -0.131. The normalized spacial score (nSPS) is 19.9. The van der Waals surface area contributed by atoms with E-state index < -0.39 is 11.9 Å². The smallest absolute Gasteiger partial charge is 0.227 e. The molecule has 1 aliphatic rings. The first-order valence-electron chi connectivity index (χ1n) is 8.03. The van der Waals surface area contributed by atoms with Gasteiger partial charge in [0.25, 0.3) is 0 Å². The second-order valence-electron chi connectivity index (χ2n) is 6.14. The number of methoxy groups -OCH3 is 1. The molecule has 1 N–H and O–H groups in total. The number of aliphatic hydroxyl groups is 1. The van der Waals surface area contributed by atoms with Crippen LogP contribution in [0.1, 0.15) is 23.6 Å². The highest BCUT2D eigenvalue weighted by atomic mass is 19.1. The van der Waals surface area contributed by atoms with Gasteiger partial charge in [-0.25, -0.2) is 8.78 Å². The van der Waals surface area contributed by atoms with Crippen molar-refractivity contribution in [3.05, 3.63) is 65.2 Å². The molecular weight excluding hydrogens is 328 g/mol. The monoisotopic (exact) mass is 347 g/mol. The number of rotatable bonds is 4. The van der Waals surface area contributed by atoms with Gasteiger partial charge in [-0.1, -0.05) is 12.1 Å². The molecule has 2 aromatic rings. The van der Waals surface area contributed by atoms with Crippen LogP contribution >= 0.6 is 0 Å². The molecule has 0 radical (unpaired) electrons. The summed E-state index contributed by atoms with van der Waals surface area (Å²) in [5, 5.41) is 9.99. The second-order valence-corrected chi connectivity index (χ2v) is 6.14. The van der Waals surface area contributed by atoms with Gasteiger partial charge in [-0.05, 0) is 42.3 Å². The fourth-order valence-electron chi connectivity index (χ4n) is 3.24. The lowest BCUT2D eigenvalue weighted by Gasteiger charge is -2.25. The maximum atomic E-state index is 13.5. The first-order valence-corrected chi connectivity index (χ1v) is 8.03. The van der Waals surface area contributed by atoms with Crippen LogP contribution in [0, 0.1) is 11.6 Å². The molecule has 132 valence electrons. The minimum absolute atomic E-state index is 0.0364. The van der Waals surface area contributed by atoms with Crippen LogP contribution in [-0.4, -0.2) is 35.7 Å². The SMILES string of the molecule is COc1ccc(F)cc1CC(=O)N1C[C@H](O)C[C@@H]1c1ccc(F)cc1. The van der Waals surface area contributed by atoms with Crippen molar-refractivity contribution in [2.75, 3.05) is 13.7 Å². The number of carbonyl (C=O) groups is 1. The Hall–Kier alpha value is -2.47. The lowest BCUT2D eigenvalue weighted by Crippen LogP contribution is -2.33. The Morgan fingerprint density at radius 3 is 2.56 bits per heavy atom. The molecule has 1 amide bonds. The Bertz CT molecular complexity index is 764. The molecule has 2 aromatic carbocycles. The van der Waals surface area contributed by atoms with Crippen molar-refractivity contribution in [3.63, 3.8) is 0 Å². The Morgan fingerprint density at radius 2 is 1.88 bits per heavy atom. The van der Waals surface area contributed by atoms with E-state index in [1.807, 2.05) is 0 Å². The topological polar surface area (TPSA) is 49.8 Å². The molecule has 0 spiro atoms. The van der Waals surface area contributed by atoms with Crippen LogP contribution < -0.4 is 4.74 Å². The van der Waals surface area contributed by atoms with Gasteiger partial charge in [0, 0.05) is 12.1 Å². The minimum Gasteiger partial charge on any atom is -0.496 e. The summed E-state index contributed by atoms with van der Waals surface area (Å²) in [6.07, 6.45) is -0.295. The molecule has 1 heterocycles. The number of nitrogens with zero attached hydrogens (tertiary/aromatic N) is 1. The molecule has 25 heavy (non-hydrogen) atoms. The van der Waals surface area contributed by atoms with Gasteiger partial charge in [-0.2, -0.15) is 0 Å². The summed E-state index contributed by atoms with van der Waals surface area (Å²) in [5.74, 6) is -0.604. The number of ether oxygens (including phenoxy) is 1. The molecule has 1 fully saturated rings. The van der Waals surface area contributed by atoms with Gasteiger partial charge < -0.3 is 14.7 Å². The van der Waals surface area contributed by atoms with Gasteiger partial charge in [-0.3, -0.25) is 4.79 Å². The van der Waals surface area contributed by atoms with Crippen molar-refractivity contribution in [2.45, 2.75) is 25.0 Å². The van der Waals surface area contributed by atoms with Crippen molar-refractivity contribution in [1.82, 2.24) is 4.90 Å². The molecule has 0 bridgehead atoms. The molecule has 0 aliphatic carbocycles. The molecule has 3 rings (SSSR count). The van der Waals surface area contributed by atoms with E-state index in [0.717, 1.165) is 5.56 Å². The summed E-state index contributed by atoms with van der Waals surface area (Å²) in [4.78, 5) is 14.3.